The Morgan fingerprint density at radius 1 is 1.15 bits per heavy atom. The normalized spacial score (nSPS) is 11.6. The Hall–Kier alpha value is -0.970. The highest BCUT2D eigenvalue weighted by Gasteiger charge is 2.02. The average Bonchev–Trinajstić information content (AvgIpc) is 2.79. The second kappa shape index (κ2) is 7.72. The van der Waals surface area contributed by atoms with Gasteiger partial charge in [0.2, 0.25) is 0 Å². The van der Waals surface area contributed by atoms with E-state index in [0.29, 0.717) is 5.92 Å². The molecule has 2 aromatic rings. The first-order chi connectivity index (χ1) is 9.65. The summed E-state index contributed by atoms with van der Waals surface area (Å²) in [5.41, 5.74) is 0. The Morgan fingerprint density at radius 3 is 2.75 bits per heavy atom. The van der Waals surface area contributed by atoms with Gasteiger partial charge in [0.1, 0.15) is 5.82 Å². The van der Waals surface area contributed by atoms with Crippen LogP contribution in [0.15, 0.2) is 24.3 Å². The van der Waals surface area contributed by atoms with E-state index in [2.05, 4.69) is 30.5 Å². The molecule has 0 atom stereocenters. The lowest BCUT2D eigenvalue weighted by atomic mass is 10.2. The molecule has 0 amide bonds. The van der Waals surface area contributed by atoms with E-state index in [1.807, 2.05) is 6.07 Å². The molecule has 4 heteroatoms. The Kier molecular flexibility index (Phi) is 5.95. The molecule has 0 fully saturated rings. The number of benzene rings is 1. The molecule has 0 bridgehead atoms. The molecule has 2 rings (SSSR count). The van der Waals surface area contributed by atoms with Gasteiger partial charge in [-0.15, -0.1) is 11.3 Å². The standard InChI is InChI=1S/C16H23FN2S/c1-12(2)10-18-6-3-7-19-11-15-8-13-4-5-14(17)9-16(13)20-15/h4-5,8-9,12,18-19H,3,6-7,10-11H2,1-2H3. The summed E-state index contributed by atoms with van der Waals surface area (Å²) < 4.78 is 14.1. The molecule has 0 aliphatic carbocycles. The second-order valence-electron chi connectivity index (χ2n) is 5.52. The van der Waals surface area contributed by atoms with E-state index >= 15 is 0 Å². The van der Waals surface area contributed by atoms with Crippen molar-refractivity contribution in [3.8, 4) is 0 Å². The van der Waals surface area contributed by atoms with Crippen LogP contribution in [0.25, 0.3) is 10.1 Å². The number of hydrogen-bond donors (Lipinski definition) is 2. The summed E-state index contributed by atoms with van der Waals surface area (Å²) in [7, 11) is 0. The van der Waals surface area contributed by atoms with E-state index in [0.717, 1.165) is 42.7 Å². The van der Waals surface area contributed by atoms with Crippen LogP contribution in [0.2, 0.25) is 0 Å². The third kappa shape index (κ3) is 4.85. The van der Waals surface area contributed by atoms with Crippen LogP contribution >= 0.6 is 11.3 Å². The molecule has 0 unspecified atom stereocenters. The fourth-order valence-electron chi connectivity index (χ4n) is 2.09. The predicted octanol–water partition coefficient (Wildman–Crippen LogP) is 3.77. The van der Waals surface area contributed by atoms with Crippen molar-refractivity contribution < 1.29 is 4.39 Å². The first kappa shape index (κ1) is 15.4. The fraction of sp³-hybridized carbons (Fsp3) is 0.500. The Labute approximate surface area is 124 Å². The van der Waals surface area contributed by atoms with E-state index in [9.17, 15) is 4.39 Å². The van der Waals surface area contributed by atoms with Gasteiger partial charge in [-0.3, -0.25) is 0 Å². The summed E-state index contributed by atoms with van der Waals surface area (Å²) in [6.45, 7) is 8.45. The molecule has 0 saturated heterocycles. The summed E-state index contributed by atoms with van der Waals surface area (Å²) in [5.74, 6) is 0.553. The second-order valence-corrected chi connectivity index (χ2v) is 6.69. The minimum Gasteiger partial charge on any atom is -0.316 e. The first-order valence-electron chi connectivity index (χ1n) is 7.24. The van der Waals surface area contributed by atoms with Crippen molar-refractivity contribution >= 4 is 21.4 Å². The van der Waals surface area contributed by atoms with E-state index in [4.69, 9.17) is 0 Å². The van der Waals surface area contributed by atoms with Gasteiger partial charge < -0.3 is 10.6 Å². The lowest BCUT2D eigenvalue weighted by Crippen LogP contribution is -2.24. The van der Waals surface area contributed by atoms with E-state index in [-0.39, 0.29) is 5.82 Å². The van der Waals surface area contributed by atoms with Gasteiger partial charge in [-0.1, -0.05) is 19.9 Å². The number of hydrogen-bond acceptors (Lipinski definition) is 3. The van der Waals surface area contributed by atoms with E-state index in [1.165, 1.54) is 10.9 Å². The lowest BCUT2D eigenvalue weighted by Gasteiger charge is -2.07. The van der Waals surface area contributed by atoms with Crippen LogP contribution in [0, 0.1) is 11.7 Å². The highest BCUT2D eigenvalue weighted by atomic mass is 32.1. The molecule has 0 saturated carbocycles. The van der Waals surface area contributed by atoms with Gasteiger partial charge in [0.15, 0.2) is 0 Å². The molecule has 1 aromatic carbocycles. The molecular formula is C16H23FN2S. The van der Waals surface area contributed by atoms with Crippen molar-refractivity contribution in [1.82, 2.24) is 10.6 Å². The summed E-state index contributed by atoms with van der Waals surface area (Å²) >= 11 is 1.67. The SMILES string of the molecule is CC(C)CNCCCNCc1cc2ccc(F)cc2s1. The van der Waals surface area contributed by atoms with Crippen LogP contribution in [-0.4, -0.2) is 19.6 Å². The van der Waals surface area contributed by atoms with Crippen LogP contribution < -0.4 is 10.6 Å². The molecule has 110 valence electrons. The van der Waals surface area contributed by atoms with Crippen molar-refractivity contribution in [3.63, 3.8) is 0 Å². The highest BCUT2D eigenvalue weighted by molar-refractivity contribution is 7.19. The lowest BCUT2D eigenvalue weighted by molar-refractivity contribution is 0.531. The zero-order valence-electron chi connectivity index (χ0n) is 12.2. The third-order valence-corrected chi connectivity index (χ3v) is 4.19. The maximum atomic E-state index is 13.1. The maximum Gasteiger partial charge on any atom is 0.124 e. The van der Waals surface area contributed by atoms with Gasteiger partial charge in [0.25, 0.3) is 0 Å². The molecule has 0 aliphatic rings. The van der Waals surface area contributed by atoms with Gasteiger partial charge in [0, 0.05) is 16.1 Å². The van der Waals surface area contributed by atoms with Crippen molar-refractivity contribution in [1.29, 1.82) is 0 Å². The van der Waals surface area contributed by atoms with Crippen molar-refractivity contribution in [2.45, 2.75) is 26.8 Å². The van der Waals surface area contributed by atoms with Crippen LogP contribution in [-0.2, 0) is 6.54 Å². The topological polar surface area (TPSA) is 24.1 Å². The van der Waals surface area contributed by atoms with Gasteiger partial charge in [-0.05, 0) is 55.6 Å². The van der Waals surface area contributed by atoms with Gasteiger partial charge in [-0.2, -0.15) is 0 Å². The number of rotatable bonds is 8. The molecule has 2 N–H and O–H groups in total. The predicted molar refractivity (Wildman–Crippen MR) is 85.8 cm³/mol. The molecule has 0 radical (unpaired) electrons. The fourth-order valence-corrected chi connectivity index (χ4v) is 3.15. The van der Waals surface area contributed by atoms with E-state index in [1.54, 1.807) is 17.4 Å². The average molecular weight is 294 g/mol. The quantitative estimate of drug-likeness (QED) is 0.724. The van der Waals surface area contributed by atoms with Crippen molar-refractivity contribution in [2.24, 2.45) is 5.92 Å². The molecule has 20 heavy (non-hydrogen) atoms. The molecule has 1 heterocycles. The number of fused-ring (bicyclic) bond motifs is 1. The summed E-state index contributed by atoms with van der Waals surface area (Å²) in [6, 6.07) is 7.12. The Bertz CT molecular complexity index is 536. The van der Waals surface area contributed by atoms with Crippen LogP contribution in [0.5, 0.6) is 0 Å². The molecule has 0 aliphatic heterocycles. The van der Waals surface area contributed by atoms with E-state index < -0.39 is 0 Å². The largest absolute Gasteiger partial charge is 0.316 e. The summed E-state index contributed by atoms with van der Waals surface area (Å²) in [5, 5.41) is 8.01. The summed E-state index contributed by atoms with van der Waals surface area (Å²) in [6.07, 6.45) is 1.13. The highest BCUT2D eigenvalue weighted by Crippen LogP contribution is 2.26. The van der Waals surface area contributed by atoms with Crippen molar-refractivity contribution in [3.05, 3.63) is 35.0 Å². The molecule has 2 nitrogen and oxygen atoms in total. The number of nitrogens with one attached hydrogen (secondary N) is 2. The zero-order valence-corrected chi connectivity index (χ0v) is 13.0. The van der Waals surface area contributed by atoms with Gasteiger partial charge in [0.05, 0.1) is 0 Å². The van der Waals surface area contributed by atoms with Crippen LogP contribution in [0.1, 0.15) is 25.1 Å². The van der Waals surface area contributed by atoms with Gasteiger partial charge >= 0.3 is 0 Å². The Balaban J connectivity index is 1.68. The first-order valence-corrected chi connectivity index (χ1v) is 8.06. The number of thiophene rings is 1. The third-order valence-electron chi connectivity index (χ3n) is 3.09. The zero-order chi connectivity index (χ0) is 14.4. The molecule has 1 aromatic heterocycles. The van der Waals surface area contributed by atoms with Crippen LogP contribution in [0.4, 0.5) is 4.39 Å². The van der Waals surface area contributed by atoms with Gasteiger partial charge in [-0.25, -0.2) is 4.39 Å². The maximum absolute atomic E-state index is 13.1. The van der Waals surface area contributed by atoms with Crippen LogP contribution in [0.3, 0.4) is 0 Å². The molecular weight excluding hydrogens is 271 g/mol. The number of halogens is 1. The van der Waals surface area contributed by atoms with Crippen molar-refractivity contribution in [2.75, 3.05) is 19.6 Å². The minimum atomic E-state index is -0.157. The Morgan fingerprint density at radius 2 is 1.95 bits per heavy atom. The smallest absolute Gasteiger partial charge is 0.124 e. The monoisotopic (exact) mass is 294 g/mol. The molecule has 0 spiro atoms. The minimum absolute atomic E-state index is 0.157. The summed E-state index contributed by atoms with van der Waals surface area (Å²) in [4.78, 5) is 1.26.